The summed E-state index contributed by atoms with van der Waals surface area (Å²) in [6.07, 6.45) is 0. The van der Waals surface area contributed by atoms with E-state index in [0.29, 0.717) is 0 Å². The van der Waals surface area contributed by atoms with E-state index in [0.717, 1.165) is 0 Å². The number of hydrogen-bond donors (Lipinski definition) is 0. The smallest absolute Gasteiger partial charge is 0 e. The second-order valence-corrected chi connectivity index (χ2v) is 0. The third-order valence-electron chi connectivity index (χ3n) is 0. The minimum Gasteiger partial charge on any atom is 0 e. The first-order valence-corrected chi connectivity index (χ1v) is 0. The summed E-state index contributed by atoms with van der Waals surface area (Å²) in [7, 11) is 0. The van der Waals surface area contributed by atoms with Crippen LogP contribution in [-0.2, 0) is 27.3 Å². The van der Waals surface area contributed by atoms with E-state index in [-0.39, 0.29) is 101 Å². The van der Waals surface area contributed by atoms with Gasteiger partial charge in [0.25, 0.3) is 0 Å². The van der Waals surface area contributed by atoms with Gasteiger partial charge in [-0.15, -0.1) is 0 Å². The van der Waals surface area contributed by atoms with E-state index in [1.807, 2.05) is 0 Å². The van der Waals surface area contributed by atoms with E-state index in [1.165, 1.54) is 0 Å². The van der Waals surface area contributed by atoms with E-state index >= 15 is 0 Å². The molecule has 14 valence electrons. The summed E-state index contributed by atoms with van der Waals surface area (Å²) >= 11 is 0. The molecule has 0 spiro atoms. The topological polar surface area (TPSA) is 0 Å². The van der Waals surface area contributed by atoms with Gasteiger partial charge in [0, 0.05) is 101 Å². The molecule has 0 aromatic carbocycles. The van der Waals surface area contributed by atoms with Crippen LogP contribution in [0.1, 0.15) is 0 Å². The maximum Gasteiger partial charge on any atom is 0 e. The molecular formula is CdInSbSn. The molecule has 0 aromatic heterocycles. The molecule has 0 saturated carbocycles. The molecule has 0 N–H and O–H groups in total. The maximum atomic E-state index is 0. The summed E-state index contributed by atoms with van der Waals surface area (Å²) in [5.74, 6) is 0. The second-order valence-electron chi connectivity index (χ2n) is 0. The van der Waals surface area contributed by atoms with Gasteiger partial charge in [0.1, 0.15) is 0 Å². The summed E-state index contributed by atoms with van der Waals surface area (Å²) < 4.78 is 0. The Hall–Kier alpha value is 3.41. The molecule has 0 aliphatic carbocycles. The van der Waals surface area contributed by atoms with Crippen LogP contribution in [0.15, 0.2) is 0 Å². The molecule has 0 saturated heterocycles. The molecule has 0 nitrogen and oxygen atoms in total. The Morgan fingerprint density at radius 1 is 1.00 bits per heavy atom. The van der Waals surface area contributed by atoms with Gasteiger partial charge in [0.05, 0.1) is 0 Å². The molecular weight excluding hydrogens is 468 g/mol. The predicted octanol–water partition coefficient (Wildman–Crippen LogP) is -1.14. The third-order valence-corrected chi connectivity index (χ3v) is 0. The van der Waals surface area contributed by atoms with Crippen molar-refractivity contribution >= 4 is 74.2 Å². The fourth-order valence-electron chi connectivity index (χ4n) is 0. The normalized spacial score (nSPS) is 0. The summed E-state index contributed by atoms with van der Waals surface area (Å²) in [5, 5.41) is 0. The van der Waals surface area contributed by atoms with Crippen molar-refractivity contribution in [3.63, 3.8) is 0 Å². The molecule has 0 aromatic rings. The molecule has 0 heterocycles. The molecule has 0 bridgehead atoms. The fourth-order valence-corrected chi connectivity index (χ4v) is 0. The quantitative estimate of drug-likeness (QED) is 0.395. The minimum atomic E-state index is 0. The zero-order valence-electron chi connectivity index (χ0n) is 2.23. The molecule has 0 rings (SSSR count). The Morgan fingerprint density at radius 3 is 1.00 bits per heavy atom. The van der Waals surface area contributed by atoms with Crippen LogP contribution in [0.5, 0.6) is 0 Å². The molecule has 0 aliphatic heterocycles. The van der Waals surface area contributed by atoms with Crippen molar-refractivity contribution in [1.82, 2.24) is 0 Å². The van der Waals surface area contributed by atoms with E-state index in [9.17, 15) is 0 Å². The van der Waals surface area contributed by atoms with Crippen molar-refractivity contribution in [2.75, 3.05) is 0 Å². The number of hydrogen-bond acceptors (Lipinski definition) is 0. The van der Waals surface area contributed by atoms with E-state index in [1.54, 1.807) is 0 Å². The standard InChI is InChI=1S/Cd.In.Sb.Sn. The van der Waals surface area contributed by atoms with E-state index in [2.05, 4.69) is 0 Å². The summed E-state index contributed by atoms with van der Waals surface area (Å²) in [4.78, 5) is 0. The first-order valence-electron chi connectivity index (χ1n) is 0. The third kappa shape index (κ3) is 9.05. The zero-order valence-corrected chi connectivity index (χ0v) is 15.0. The Morgan fingerprint density at radius 2 is 1.00 bits per heavy atom. The molecule has 4 heavy (non-hydrogen) atoms. The van der Waals surface area contributed by atoms with Crippen molar-refractivity contribution in [3.8, 4) is 0 Å². The van der Waals surface area contributed by atoms with Crippen LogP contribution in [-0.4, -0.2) is 74.2 Å². The summed E-state index contributed by atoms with van der Waals surface area (Å²) in [5.41, 5.74) is 0. The van der Waals surface area contributed by atoms with Gasteiger partial charge < -0.3 is 0 Å². The summed E-state index contributed by atoms with van der Waals surface area (Å²) in [6.45, 7) is 0. The summed E-state index contributed by atoms with van der Waals surface area (Å²) in [6, 6.07) is 0. The van der Waals surface area contributed by atoms with Crippen LogP contribution in [0.2, 0.25) is 0 Å². The van der Waals surface area contributed by atoms with Crippen molar-refractivity contribution in [1.29, 1.82) is 0 Å². The first-order chi connectivity index (χ1) is 0. The molecule has 0 aliphatic rings. The van der Waals surface area contributed by atoms with Crippen LogP contribution in [0.4, 0.5) is 0 Å². The SMILES string of the molecule is [Cd].[In].[Sb].[Sn]. The van der Waals surface area contributed by atoms with Crippen molar-refractivity contribution < 1.29 is 27.3 Å². The van der Waals surface area contributed by atoms with Crippen LogP contribution >= 0.6 is 0 Å². The molecule has 0 fully saturated rings. The van der Waals surface area contributed by atoms with Gasteiger partial charge in [-0.3, -0.25) is 0 Å². The zero-order chi connectivity index (χ0) is 0. The molecule has 4 heteroatoms. The van der Waals surface area contributed by atoms with Gasteiger partial charge in [-0.25, -0.2) is 0 Å². The van der Waals surface area contributed by atoms with Gasteiger partial charge in [-0.2, -0.15) is 0 Å². The minimum absolute atomic E-state index is 0. The Labute approximate surface area is 99.2 Å². The molecule has 10 radical (unpaired) electrons. The van der Waals surface area contributed by atoms with Gasteiger partial charge in [0.2, 0.25) is 0 Å². The van der Waals surface area contributed by atoms with Crippen LogP contribution in [0.25, 0.3) is 0 Å². The molecule has 0 unspecified atom stereocenters. The molecule has 0 amide bonds. The van der Waals surface area contributed by atoms with Gasteiger partial charge in [0.15, 0.2) is 0 Å². The molecule has 0 atom stereocenters. The average molecular weight is 468 g/mol. The average Bonchev–Trinajstić information content (AvgIpc) is 0. The van der Waals surface area contributed by atoms with Gasteiger partial charge >= 0.3 is 0 Å². The Kier molecular flexibility index (Phi) is 106. The number of rotatable bonds is 0. The van der Waals surface area contributed by atoms with Crippen molar-refractivity contribution in [2.45, 2.75) is 0 Å². The monoisotopic (exact) mass is 470 g/mol. The van der Waals surface area contributed by atoms with Crippen LogP contribution in [0.3, 0.4) is 0 Å². The Bertz CT molecular complexity index is 8.00. The fraction of sp³-hybridized carbons (Fsp3) is 0. The largest absolute Gasteiger partial charge is 0 e. The van der Waals surface area contributed by atoms with Gasteiger partial charge in [-0.05, 0) is 0 Å². The first kappa shape index (κ1) is 26.2. The maximum absolute atomic E-state index is 0. The van der Waals surface area contributed by atoms with Crippen molar-refractivity contribution in [3.05, 3.63) is 0 Å². The van der Waals surface area contributed by atoms with Crippen LogP contribution in [0, 0.1) is 0 Å². The predicted molar refractivity (Wildman–Crippen MR) is 17.3 cm³/mol. The van der Waals surface area contributed by atoms with E-state index < -0.39 is 0 Å². The van der Waals surface area contributed by atoms with Crippen LogP contribution < -0.4 is 0 Å². The van der Waals surface area contributed by atoms with Gasteiger partial charge in [-0.1, -0.05) is 0 Å². The van der Waals surface area contributed by atoms with Crippen molar-refractivity contribution in [2.24, 2.45) is 0 Å². The Balaban J connectivity index is 0. The second kappa shape index (κ2) is 16.1. The van der Waals surface area contributed by atoms with E-state index in [4.69, 9.17) is 0 Å².